The van der Waals surface area contributed by atoms with E-state index in [-0.39, 0.29) is 5.56 Å². The molecule has 2 aromatic carbocycles. The van der Waals surface area contributed by atoms with Gasteiger partial charge in [-0.1, -0.05) is 13.0 Å². The van der Waals surface area contributed by atoms with Gasteiger partial charge in [0.2, 0.25) is 0 Å². The van der Waals surface area contributed by atoms with E-state index >= 15 is 0 Å². The van der Waals surface area contributed by atoms with Crippen molar-refractivity contribution in [1.82, 2.24) is 0 Å². The first-order chi connectivity index (χ1) is 12.5. The van der Waals surface area contributed by atoms with E-state index in [2.05, 4.69) is 28.2 Å². The maximum absolute atomic E-state index is 11.2. The minimum atomic E-state index is -0.938. The Labute approximate surface area is 162 Å². The van der Waals surface area contributed by atoms with Gasteiger partial charge in [-0.05, 0) is 71.6 Å². The number of anilines is 1. The maximum Gasteiger partial charge on any atom is 0.335 e. The second-order valence-corrected chi connectivity index (χ2v) is 6.73. The van der Waals surface area contributed by atoms with Gasteiger partial charge in [-0.2, -0.15) is 0 Å². The van der Waals surface area contributed by atoms with E-state index in [1.165, 1.54) is 0 Å². The molecule has 140 valence electrons. The third kappa shape index (κ3) is 5.14. The number of hydrogen-bond donors (Lipinski definition) is 2. The molecule has 0 aliphatic heterocycles. The van der Waals surface area contributed by atoms with E-state index < -0.39 is 5.97 Å². The third-order valence-electron chi connectivity index (χ3n) is 3.79. The van der Waals surface area contributed by atoms with Crippen molar-refractivity contribution in [2.24, 2.45) is 0 Å². The van der Waals surface area contributed by atoms with Gasteiger partial charge in [0.05, 0.1) is 23.2 Å². The average Bonchev–Trinajstić information content (AvgIpc) is 2.60. The number of ether oxygens (including phenoxy) is 2. The van der Waals surface area contributed by atoms with Gasteiger partial charge in [-0.15, -0.1) is 0 Å². The highest BCUT2D eigenvalue weighted by Gasteiger charge is 2.13. The fourth-order valence-electron chi connectivity index (χ4n) is 2.47. The fourth-order valence-corrected chi connectivity index (χ4v) is 3.08. The standard InChI is InChI=1S/C20H24BrNO4/c1-4-8-26-19-16(21)9-14(10-18(19)25-5-2)12-22-17-11-15(20(23)24)7-6-13(17)3/h6-7,9-11,22H,4-5,8,12H2,1-3H3,(H,23,24). The fraction of sp³-hybridized carbons (Fsp3) is 0.350. The number of aromatic carboxylic acids is 1. The molecule has 2 N–H and O–H groups in total. The monoisotopic (exact) mass is 421 g/mol. The second-order valence-electron chi connectivity index (χ2n) is 5.87. The van der Waals surface area contributed by atoms with Crippen molar-refractivity contribution in [3.63, 3.8) is 0 Å². The number of carbonyl (C=O) groups is 1. The molecular formula is C20H24BrNO4. The van der Waals surface area contributed by atoms with Crippen LogP contribution in [0.2, 0.25) is 0 Å². The zero-order valence-electron chi connectivity index (χ0n) is 15.3. The summed E-state index contributed by atoms with van der Waals surface area (Å²) in [6.45, 7) is 7.64. The number of rotatable bonds is 9. The molecule has 0 radical (unpaired) electrons. The number of aryl methyl sites for hydroxylation is 1. The van der Waals surface area contributed by atoms with E-state index in [0.717, 1.165) is 27.7 Å². The Hall–Kier alpha value is -2.21. The van der Waals surface area contributed by atoms with E-state index in [1.807, 2.05) is 26.0 Å². The van der Waals surface area contributed by atoms with Gasteiger partial charge in [-0.3, -0.25) is 0 Å². The molecule has 0 heterocycles. The second kappa shape index (κ2) is 9.48. The summed E-state index contributed by atoms with van der Waals surface area (Å²) in [5.41, 5.74) is 3.05. The van der Waals surface area contributed by atoms with Gasteiger partial charge in [0.15, 0.2) is 11.5 Å². The molecule has 0 atom stereocenters. The van der Waals surface area contributed by atoms with Crippen LogP contribution in [-0.4, -0.2) is 24.3 Å². The summed E-state index contributed by atoms with van der Waals surface area (Å²) in [6, 6.07) is 8.98. The molecule has 0 spiro atoms. The molecule has 0 saturated heterocycles. The van der Waals surface area contributed by atoms with E-state index in [4.69, 9.17) is 14.6 Å². The van der Waals surface area contributed by atoms with Crippen LogP contribution < -0.4 is 14.8 Å². The summed E-state index contributed by atoms with van der Waals surface area (Å²) in [7, 11) is 0. The molecule has 2 aromatic rings. The van der Waals surface area contributed by atoms with Crippen molar-refractivity contribution in [3.05, 3.63) is 51.5 Å². The number of hydrogen-bond acceptors (Lipinski definition) is 4. The van der Waals surface area contributed by atoms with Crippen molar-refractivity contribution in [2.45, 2.75) is 33.7 Å². The minimum absolute atomic E-state index is 0.262. The number of nitrogens with one attached hydrogen (secondary N) is 1. The third-order valence-corrected chi connectivity index (χ3v) is 4.38. The quantitative estimate of drug-likeness (QED) is 0.578. The molecule has 2 rings (SSSR count). The lowest BCUT2D eigenvalue weighted by Crippen LogP contribution is -2.06. The molecule has 6 heteroatoms. The smallest absolute Gasteiger partial charge is 0.335 e. The molecule has 0 unspecified atom stereocenters. The highest BCUT2D eigenvalue weighted by atomic mass is 79.9. The summed E-state index contributed by atoms with van der Waals surface area (Å²) in [6.07, 6.45) is 0.917. The number of carboxylic acids is 1. The largest absolute Gasteiger partial charge is 0.490 e. The molecule has 26 heavy (non-hydrogen) atoms. The predicted molar refractivity (Wildman–Crippen MR) is 107 cm³/mol. The van der Waals surface area contributed by atoms with E-state index in [9.17, 15) is 4.79 Å². The van der Waals surface area contributed by atoms with Crippen molar-refractivity contribution in [3.8, 4) is 11.5 Å². The highest BCUT2D eigenvalue weighted by molar-refractivity contribution is 9.10. The van der Waals surface area contributed by atoms with Crippen LogP contribution in [0.4, 0.5) is 5.69 Å². The average molecular weight is 422 g/mol. The van der Waals surface area contributed by atoms with Crippen LogP contribution in [0.5, 0.6) is 11.5 Å². The number of halogens is 1. The summed E-state index contributed by atoms with van der Waals surface area (Å²) in [5.74, 6) is 0.469. The van der Waals surface area contributed by atoms with Crippen LogP contribution >= 0.6 is 15.9 Å². The van der Waals surface area contributed by atoms with Crippen LogP contribution in [0, 0.1) is 6.92 Å². The van der Waals surface area contributed by atoms with Gasteiger partial charge in [0.1, 0.15) is 0 Å². The first-order valence-electron chi connectivity index (χ1n) is 8.62. The number of carboxylic acid groups (broad SMARTS) is 1. The normalized spacial score (nSPS) is 10.5. The lowest BCUT2D eigenvalue weighted by molar-refractivity contribution is 0.0697. The molecule has 5 nitrogen and oxygen atoms in total. The van der Waals surface area contributed by atoms with Gasteiger partial charge < -0.3 is 19.9 Å². The number of benzene rings is 2. The Balaban J connectivity index is 2.22. The molecule has 0 aromatic heterocycles. The van der Waals surface area contributed by atoms with E-state index in [0.29, 0.717) is 31.3 Å². The summed E-state index contributed by atoms with van der Waals surface area (Å²) in [5, 5.41) is 12.5. The van der Waals surface area contributed by atoms with Gasteiger partial charge in [0, 0.05) is 12.2 Å². The Morgan fingerprint density at radius 2 is 1.96 bits per heavy atom. The van der Waals surface area contributed by atoms with Crippen LogP contribution in [0.1, 0.15) is 41.8 Å². The van der Waals surface area contributed by atoms with Crippen LogP contribution in [0.25, 0.3) is 0 Å². The topological polar surface area (TPSA) is 67.8 Å². The van der Waals surface area contributed by atoms with Gasteiger partial charge in [0.25, 0.3) is 0 Å². The van der Waals surface area contributed by atoms with Crippen molar-refractivity contribution < 1.29 is 19.4 Å². The Morgan fingerprint density at radius 1 is 1.19 bits per heavy atom. The SMILES string of the molecule is CCCOc1c(Br)cc(CNc2cc(C(=O)O)ccc2C)cc1OCC. The van der Waals surface area contributed by atoms with Crippen molar-refractivity contribution in [2.75, 3.05) is 18.5 Å². The lowest BCUT2D eigenvalue weighted by Gasteiger charge is -2.16. The summed E-state index contributed by atoms with van der Waals surface area (Å²) in [4.78, 5) is 11.2. The molecule has 0 bridgehead atoms. The first-order valence-corrected chi connectivity index (χ1v) is 9.41. The molecule has 0 fully saturated rings. The predicted octanol–water partition coefficient (Wildman–Crippen LogP) is 5.26. The highest BCUT2D eigenvalue weighted by Crippen LogP contribution is 2.37. The summed E-state index contributed by atoms with van der Waals surface area (Å²) >= 11 is 3.56. The molecule has 0 saturated carbocycles. The minimum Gasteiger partial charge on any atom is -0.490 e. The summed E-state index contributed by atoms with van der Waals surface area (Å²) < 4.78 is 12.4. The van der Waals surface area contributed by atoms with Gasteiger partial charge in [-0.25, -0.2) is 4.79 Å². The van der Waals surface area contributed by atoms with Crippen molar-refractivity contribution >= 4 is 27.6 Å². The molecular weight excluding hydrogens is 398 g/mol. The molecule has 0 aliphatic rings. The van der Waals surface area contributed by atoms with E-state index in [1.54, 1.807) is 18.2 Å². The van der Waals surface area contributed by atoms with Crippen LogP contribution in [0.15, 0.2) is 34.8 Å². The van der Waals surface area contributed by atoms with Crippen LogP contribution in [0.3, 0.4) is 0 Å². The zero-order valence-corrected chi connectivity index (χ0v) is 16.9. The van der Waals surface area contributed by atoms with Gasteiger partial charge >= 0.3 is 5.97 Å². The maximum atomic E-state index is 11.2. The Kier molecular flexibility index (Phi) is 7.33. The molecule has 0 aliphatic carbocycles. The van der Waals surface area contributed by atoms with Crippen LogP contribution in [-0.2, 0) is 6.54 Å². The lowest BCUT2D eigenvalue weighted by atomic mass is 10.1. The Bertz CT molecular complexity index is 777. The van der Waals surface area contributed by atoms with Crippen molar-refractivity contribution in [1.29, 1.82) is 0 Å². The first kappa shape index (κ1) is 20.1. The Morgan fingerprint density at radius 3 is 2.62 bits per heavy atom. The molecule has 0 amide bonds. The zero-order chi connectivity index (χ0) is 19.1.